The van der Waals surface area contributed by atoms with Gasteiger partial charge in [0.05, 0.1) is 0 Å². The lowest BCUT2D eigenvalue weighted by atomic mass is 9.83. The summed E-state index contributed by atoms with van der Waals surface area (Å²) in [4.78, 5) is 13.9. The molecule has 0 saturated heterocycles. The molecule has 0 aliphatic heterocycles. The van der Waals surface area contributed by atoms with E-state index in [1.165, 1.54) is 19.3 Å². The van der Waals surface area contributed by atoms with Gasteiger partial charge >= 0.3 is 0 Å². The van der Waals surface area contributed by atoms with Crippen molar-refractivity contribution in [3.63, 3.8) is 0 Å². The molecule has 2 N–H and O–H groups in total. The van der Waals surface area contributed by atoms with E-state index in [0.717, 1.165) is 25.8 Å². The first-order chi connectivity index (χ1) is 7.24. The molecular formula is C12H22N2O. The van der Waals surface area contributed by atoms with Gasteiger partial charge < -0.3 is 10.6 Å². The predicted octanol–water partition coefficient (Wildman–Crippen LogP) is 1.37. The summed E-state index contributed by atoms with van der Waals surface area (Å²) in [6.07, 6.45) is 7.08. The summed E-state index contributed by atoms with van der Waals surface area (Å²) in [6, 6.07) is 0.414. The van der Waals surface area contributed by atoms with Crippen molar-refractivity contribution in [3.8, 4) is 0 Å². The van der Waals surface area contributed by atoms with E-state index in [-0.39, 0.29) is 0 Å². The number of amides is 1. The van der Waals surface area contributed by atoms with Gasteiger partial charge in [-0.25, -0.2) is 0 Å². The molecule has 0 radical (unpaired) electrons. The fraction of sp³-hybridized carbons (Fsp3) is 0.917. The van der Waals surface area contributed by atoms with Crippen LogP contribution in [0.1, 0.15) is 38.5 Å². The summed E-state index contributed by atoms with van der Waals surface area (Å²) in [5, 5.41) is 0. The van der Waals surface area contributed by atoms with Gasteiger partial charge in [0.15, 0.2) is 0 Å². The molecule has 2 aliphatic carbocycles. The van der Waals surface area contributed by atoms with Crippen LogP contribution in [0.2, 0.25) is 0 Å². The number of nitrogens with two attached hydrogens (primary N) is 1. The van der Waals surface area contributed by atoms with Gasteiger partial charge in [0, 0.05) is 19.0 Å². The summed E-state index contributed by atoms with van der Waals surface area (Å²) in [7, 11) is 1.97. The van der Waals surface area contributed by atoms with Crippen LogP contribution in [-0.2, 0) is 4.79 Å². The highest BCUT2D eigenvalue weighted by molar-refractivity contribution is 5.81. The number of rotatable bonds is 3. The average Bonchev–Trinajstić information content (AvgIpc) is 3.11. The zero-order valence-electron chi connectivity index (χ0n) is 9.61. The molecule has 3 heteroatoms. The summed E-state index contributed by atoms with van der Waals surface area (Å²) in [6.45, 7) is 0.729. The lowest BCUT2D eigenvalue weighted by Gasteiger charge is -2.37. The monoisotopic (exact) mass is 210 g/mol. The van der Waals surface area contributed by atoms with E-state index in [1.54, 1.807) is 0 Å². The summed E-state index contributed by atoms with van der Waals surface area (Å²) in [5.41, 5.74) is 5.79. The van der Waals surface area contributed by atoms with Crippen LogP contribution in [0.5, 0.6) is 0 Å². The molecule has 2 fully saturated rings. The summed E-state index contributed by atoms with van der Waals surface area (Å²) >= 11 is 0. The lowest BCUT2D eigenvalue weighted by molar-refractivity contribution is -0.135. The zero-order chi connectivity index (χ0) is 10.8. The molecule has 2 aliphatic rings. The summed E-state index contributed by atoms with van der Waals surface area (Å²) < 4.78 is 0. The van der Waals surface area contributed by atoms with Crippen molar-refractivity contribution in [2.24, 2.45) is 17.6 Å². The third kappa shape index (κ3) is 2.33. The van der Waals surface area contributed by atoms with Crippen molar-refractivity contribution >= 4 is 5.91 Å². The Morgan fingerprint density at radius 2 is 1.93 bits per heavy atom. The highest BCUT2D eigenvalue weighted by Gasteiger charge is 2.37. The first-order valence-corrected chi connectivity index (χ1v) is 6.20. The maximum Gasteiger partial charge on any atom is 0.225 e. The quantitative estimate of drug-likeness (QED) is 0.764. The van der Waals surface area contributed by atoms with Crippen molar-refractivity contribution in [1.29, 1.82) is 0 Å². The second-order valence-electron chi connectivity index (χ2n) is 5.07. The maximum atomic E-state index is 12.0. The maximum absolute atomic E-state index is 12.0. The van der Waals surface area contributed by atoms with Gasteiger partial charge in [0.2, 0.25) is 5.91 Å². The van der Waals surface area contributed by atoms with Crippen molar-refractivity contribution < 1.29 is 4.79 Å². The van der Waals surface area contributed by atoms with Crippen LogP contribution in [0.15, 0.2) is 0 Å². The molecule has 0 heterocycles. The molecule has 2 atom stereocenters. The number of hydrogen-bond acceptors (Lipinski definition) is 2. The van der Waals surface area contributed by atoms with Crippen LogP contribution in [-0.4, -0.2) is 30.4 Å². The Labute approximate surface area is 92.0 Å². The fourth-order valence-corrected chi connectivity index (χ4v) is 2.75. The molecule has 2 saturated carbocycles. The third-order valence-corrected chi connectivity index (χ3v) is 3.94. The van der Waals surface area contributed by atoms with Gasteiger partial charge in [-0.1, -0.05) is 12.8 Å². The predicted molar refractivity (Wildman–Crippen MR) is 60.3 cm³/mol. The van der Waals surface area contributed by atoms with E-state index in [0.29, 0.717) is 23.8 Å². The van der Waals surface area contributed by atoms with Gasteiger partial charge in [-0.2, -0.15) is 0 Å². The van der Waals surface area contributed by atoms with E-state index in [4.69, 9.17) is 5.73 Å². The van der Waals surface area contributed by atoms with E-state index in [9.17, 15) is 4.79 Å². The Bertz CT molecular complexity index is 238. The standard InChI is InChI=1S/C12H22N2O/c1-14(12(15)9-6-7-9)11-5-3-2-4-10(11)8-13/h9-11H,2-8,13H2,1H3. The number of carbonyl (C=O) groups is 1. The van der Waals surface area contributed by atoms with E-state index < -0.39 is 0 Å². The molecule has 0 aromatic heterocycles. The van der Waals surface area contributed by atoms with Crippen LogP contribution in [0, 0.1) is 11.8 Å². The fourth-order valence-electron chi connectivity index (χ4n) is 2.75. The first-order valence-electron chi connectivity index (χ1n) is 6.20. The average molecular weight is 210 g/mol. The lowest BCUT2D eigenvalue weighted by Crippen LogP contribution is -2.46. The molecule has 0 aromatic rings. The minimum absolute atomic E-state index is 0.343. The molecular weight excluding hydrogens is 188 g/mol. The smallest absolute Gasteiger partial charge is 0.225 e. The number of nitrogens with zero attached hydrogens (tertiary/aromatic N) is 1. The van der Waals surface area contributed by atoms with Crippen LogP contribution >= 0.6 is 0 Å². The largest absolute Gasteiger partial charge is 0.342 e. The molecule has 0 spiro atoms. The Morgan fingerprint density at radius 1 is 1.27 bits per heavy atom. The highest BCUT2D eigenvalue weighted by Crippen LogP contribution is 2.34. The zero-order valence-corrected chi connectivity index (χ0v) is 9.61. The minimum atomic E-state index is 0.343. The Balaban J connectivity index is 1.96. The van der Waals surface area contributed by atoms with Gasteiger partial charge in [-0.3, -0.25) is 4.79 Å². The second-order valence-corrected chi connectivity index (χ2v) is 5.07. The van der Waals surface area contributed by atoms with E-state index in [2.05, 4.69) is 0 Å². The molecule has 0 bridgehead atoms. The normalized spacial score (nSPS) is 31.3. The molecule has 86 valence electrons. The van der Waals surface area contributed by atoms with Crippen molar-refractivity contribution in [1.82, 2.24) is 4.90 Å². The Morgan fingerprint density at radius 3 is 2.53 bits per heavy atom. The van der Waals surface area contributed by atoms with Crippen molar-refractivity contribution in [3.05, 3.63) is 0 Å². The molecule has 1 amide bonds. The Hall–Kier alpha value is -0.570. The minimum Gasteiger partial charge on any atom is -0.342 e. The topological polar surface area (TPSA) is 46.3 Å². The van der Waals surface area contributed by atoms with Crippen LogP contribution in [0.25, 0.3) is 0 Å². The van der Waals surface area contributed by atoms with Crippen LogP contribution in [0.4, 0.5) is 0 Å². The highest BCUT2D eigenvalue weighted by atomic mass is 16.2. The van der Waals surface area contributed by atoms with E-state index in [1.807, 2.05) is 11.9 Å². The third-order valence-electron chi connectivity index (χ3n) is 3.94. The summed E-state index contributed by atoms with van der Waals surface area (Å²) in [5.74, 6) is 1.24. The van der Waals surface area contributed by atoms with Crippen molar-refractivity contribution in [2.45, 2.75) is 44.6 Å². The number of carbonyl (C=O) groups excluding carboxylic acids is 1. The first kappa shape index (κ1) is 10.9. The van der Waals surface area contributed by atoms with Gasteiger partial charge in [0.1, 0.15) is 0 Å². The van der Waals surface area contributed by atoms with Gasteiger partial charge in [-0.05, 0) is 38.1 Å². The SMILES string of the molecule is CN(C(=O)C1CC1)C1CCCCC1CN. The molecule has 2 rings (SSSR count). The van der Waals surface area contributed by atoms with E-state index >= 15 is 0 Å². The number of hydrogen-bond donors (Lipinski definition) is 1. The van der Waals surface area contributed by atoms with Gasteiger partial charge in [0.25, 0.3) is 0 Å². The molecule has 0 aromatic carbocycles. The Kier molecular flexibility index (Phi) is 3.29. The van der Waals surface area contributed by atoms with Gasteiger partial charge in [-0.15, -0.1) is 0 Å². The van der Waals surface area contributed by atoms with Crippen LogP contribution < -0.4 is 5.73 Å². The van der Waals surface area contributed by atoms with Crippen LogP contribution in [0.3, 0.4) is 0 Å². The van der Waals surface area contributed by atoms with Crippen molar-refractivity contribution in [2.75, 3.05) is 13.6 Å². The molecule has 15 heavy (non-hydrogen) atoms. The second kappa shape index (κ2) is 4.52. The molecule has 2 unspecified atom stereocenters. The molecule has 3 nitrogen and oxygen atoms in total.